The molecule has 3 aromatic carbocycles. The van der Waals surface area contributed by atoms with E-state index in [4.69, 9.17) is 12.2 Å². The van der Waals surface area contributed by atoms with Gasteiger partial charge >= 0.3 is 0 Å². The van der Waals surface area contributed by atoms with E-state index in [-0.39, 0.29) is 16.8 Å². The molecular weight excluding hydrogens is 388 g/mol. The van der Waals surface area contributed by atoms with Gasteiger partial charge in [0.05, 0.1) is 0 Å². The summed E-state index contributed by atoms with van der Waals surface area (Å²) < 4.78 is 0.902. The molecule has 3 aromatic rings. The molecule has 0 saturated carbocycles. The minimum Gasteiger partial charge on any atom is -0.508 e. The van der Waals surface area contributed by atoms with Crippen molar-refractivity contribution in [2.24, 2.45) is 0 Å². The van der Waals surface area contributed by atoms with Crippen LogP contribution < -0.4 is 10.6 Å². The van der Waals surface area contributed by atoms with E-state index in [2.05, 4.69) is 26.6 Å². The second-order valence-electron chi connectivity index (χ2n) is 5.13. The van der Waals surface area contributed by atoms with Gasteiger partial charge in [-0.15, -0.1) is 0 Å². The second-order valence-corrected chi connectivity index (χ2v) is 6.45. The number of halogens is 1. The van der Waals surface area contributed by atoms with Gasteiger partial charge in [-0.3, -0.25) is 10.1 Å². The Morgan fingerprint density at radius 3 is 2.54 bits per heavy atom. The van der Waals surface area contributed by atoms with Crippen LogP contribution in [0.25, 0.3) is 10.8 Å². The minimum absolute atomic E-state index is 0.200. The average Bonchev–Trinajstić information content (AvgIpc) is 2.55. The van der Waals surface area contributed by atoms with Gasteiger partial charge in [0.2, 0.25) is 0 Å². The van der Waals surface area contributed by atoms with E-state index in [9.17, 15) is 9.90 Å². The lowest BCUT2D eigenvalue weighted by molar-refractivity contribution is 0.0977. The number of hydrogen-bond acceptors (Lipinski definition) is 3. The van der Waals surface area contributed by atoms with E-state index in [1.807, 2.05) is 18.2 Å². The molecular formula is C18H13BrN2O2S. The summed E-state index contributed by atoms with van der Waals surface area (Å²) in [6.45, 7) is 0. The lowest BCUT2D eigenvalue weighted by Gasteiger charge is -2.12. The number of amides is 1. The summed E-state index contributed by atoms with van der Waals surface area (Å²) in [6, 6.07) is 17.7. The molecule has 120 valence electrons. The van der Waals surface area contributed by atoms with Gasteiger partial charge in [-0.1, -0.05) is 28.1 Å². The van der Waals surface area contributed by atoms with Crippen LogP contribution in [-0.2, 0) is 0 Å². The summed E-state index contributed by atoms with van der Waals surface area (Å²) in [5.74, 6) is -0.0800. The van der Waals surface area contributed by atoms with Crippen LogP contribution >= 0.6 is 28.1 Å². The number of thiocarbonyl (C=S) groups is 1. The van der Waals surface area contributed by atoms with Crippen molar-refractivity contribution < 1.29 is 9.90 Å². The van der Waals surface area contributed by atoms with Gasteiger partial charge in [0, 0.05) is 21.1 Å². The van der Waals surface area contributed by atoms with Crippen LogP contribution in [0.4, 0.5) is 5.69 Å². The highest BCUT2D eigenvalue weighted by molar-refractivity contribution is 9.10. The Bertz CT molecular complexity index is 926. The fourth-order valence-corrected chi connectivity index (χ4v) is 2.78. The minimum atomic E-state index is -0.280. The molecule has 24 heavy (non-hydrogen) atoms. The number of carbonyl (C=O) groups excluding carboxylic acids is 1. The summed E-state index contributed by atoms with van der Waals surface area (Å²) in [6.07, 6.45) is 0. The van der Waals surface area contributed by atoms with Gasteiger partial charge in [-0.25, -0.2) is 0 Å². The normalized spacial score (nSPS) is 10.4. The third-order valence-corrected chi connectivity index (χ3v) is 4.18. The Balaban J connectivity index is 1.75. The van der Waals surface area contributed by atoms with Crippen molar-refractivity contribution in [1.82, 2.24) is 5.32 Å². The number of benzene rings is 3. The smallest absolute Gasteiger partial charge is 0.257 e. The van der Waals surface area contributed by atoms with Crippen molar-refractivity contribution in [3.63, 3.8) is 0 Å². The molecule has 0 fully saturated rings. The van der Waals surface area contributed by atoms with E-state index < -0.39 is 0 Å². The zero-order valence-electron chi connectivity index (χ0n) is 12.4. The van der Waals surface area contributed by atoms with Gasteiger partial charge in [-0.05, 0) is 66.1 Å². The van der Waals surface area contributed by atoms with Crippen LogP contribution in [0.2, 0.25) is 0 Å². The maximum atomic E-state index is 12.2. The average molecular weight is 401 g/mol. The highest BCUT2D eigenvalue weighted by Gasteiger charge is 2.09. The number of hydrogen-bond donors (Lipinski definition) is 3. The maximum absolute atomic E-state index is 12.2. The van der Waals surface area contributed by atoms with Crippen molar-refractivity contribution in [2.75, 3.05) is 5.32 Å². The Hall–Kier alpha value is -2.44. The predicted octanol–water partition coefficient (Wildman–Crippen LogP) is 4.43. The van der Waals surface area contributed by atoms with Crippen LogP contribution in [-0.4, -0.2) is 16.1 Å². The van der Waals surface area contributed by atoms with Crippen molar-refractivity contribution in [3.05, 3.63) is 70.7 Å². The molecule has 0 heterocycles. The summed E-state index contributed by atoms with van der Waals surface area (Å²) in [4.78, 5) is 12.2. The molecule has 4 nitrogen and oxygen atoms in total. The van der Waals surface area contributed by atoms with Crippen LogP contribution in [0.3, 0.4) is 0 Å². The topological polar surface area (TPSA) is 61.4 Å². The van der Waals surface area contributed by atoms with E-state index in [0.717, 1.165) is 20.9 Å². The second kappa shape index (κ2) is 6.98. The number of aromatic hydroxyl groups is 1. The van der Waals surface area contributed by atoms with Crippen LogP contribution in [0.1, 0.15) is 10.4 Å². The maximum Gasteiger partial charge on any atom is 0.257 e. The third kappa shape index (κ3) is 3.72. The largest absolute Gasteiger partial charge is 0.508 e. The SMILES string of the molecule is O=C(NC(=S)Nc1cccc2cc(O)ccc12)c1ccc(Br)cc1. The first-order valence-electron chi connectivity index (χ1n) is 7.12. The molecule has 0 aliphatic rings. The molecule has 0 aliphatic carbocycles. The molecule has 0 saturated heterocycles. The van der Waals surface area contributed by atoms with Crippen LogP contribution in [0, 0.1) is 0 Å². The summed E-state index contributed by atoms with van der Waals surface area (Å²) in [7, 11) is 0. The van der Waals surface area contributed by atoms with Gasteiger partial charge in [-0.2, -0.15) is 0 Å². The highest BCUT2D eigenvalue weighted by Crippen LogP contribution is 2.26. The number of anilines is 1. The third-order valence-electron chi connectivity index (χ3n) is 3.45. The van der Waals surface area contributed by atoms with E-state index in [1.165, 1.54) is 0 Å². The van der Waals surface area contributed by atoms with E-state index in [1.54, 1.807) is 42.5 Å². The lowest BCUT2D eigenvalue weighted by Crippen LogP contribution is -2.34. The van der Waals surface area contributed by atoms with Crippen LogP contribution in [0.5, 0.6) is 5.75 Å². The molecule has 6 heteroatoms. The monoisotopic (exact) mass is 400 g/mol. The van der Waals surface area contributed by atoms with Gasteiger partial charge in [0.25, 0.3) is 5.91 Å². The number of rotatable bonds is 2. The first kappa shape index (κ1) is 16.4. The molecule has 0 unspecified atom stereocenters. The Morgan fingerprint density at radius 1 is 1.04 bits per heavy atom. The highest BCUT2D eigenvalue weighted by atomic mass is 79.9. The van der Waals surface area contributed by atoms with Crippen molar-refractivity contribution in [1.29, 1.82) is 0 Å². The predicted molar refractivity (Wildman–Crippen MR) is 103 cm³/mol. The van der Waals surface area contributed by atoms with Crippen LogP contribution in [0.15, 0.2) is 65.1 Å². The van der Waals surface area contributed by atoms with E-state index in [0.29, 0.717) is 5.56 Å². The first-order chi connectivity index (χ1) is 11.5. The van der Waals surface area contributed by atoms with E-state index >= 15 is 0 Å². The number of fused-ring (bicyclic) bond motifs is 1. The standard InChI is InChI=1S/C18H13BrN2O2S/c19-13-6-4-11(5-7-13)17(23)21-18(24)20-16-3-1-2-12-10-14(22)8-9-15(12)16/h1-10,22H,(H2,20,21,23,24). The van der Waals surface area contributed by atoms with Gasteiger partial charge in [0.15, 0.2) is 5.11 Å². The van der Waals surface area contributed by atoms with Gasteiger partial charge in [0.1, 0.15) is 5.75 Å². The molecule has 0 aliphatic heterocycles. The number of carbonyl (C=O) groups is 1. The Morgan fingerprint density at radius 2 is 1.79 bits per heavy atom. The molecule has 1 amide bonds. The summed E-state index contributed by atoms with van der Waals surface area (Å²) in [5.41, 5.74) is 1.28. The lowest BCUT2D eigenvalue weighted by atomic mass is 10.1. The molecule has 3 N–H and O–H groups in total. The fourth-order valence-electron chi connectivity index (χ4n) is 2.31. The number of phenols is 1. The molecule has 0 spiro atoms. The molecule has 0 aromatic heterocycles. The Labute approximate surface area is 152 Å². The first-order valence-corrected chi connectivity index (χ1v) is 8.33. The summed E-state index contributed by atoms with van der Waals surface area (Å²) >= 11 is 8.56. The summed E-state index contributed by atoms with van der Waals surface area (Å²) in [5, 5.41) is 17.2. The van der Waals surface area contributed by atoms with Gasteiger partial charge < -0.3 is 10.4 Å². The fraction of sp³-hybridized carbons (Fsp3) is 0. The molecule has 3 rings (SSSR count). The number of nitrogens with one attached hydrogen (secondary N) is 2. The molecule has 0 atom stereocenters. The Kier molecular flexibility index (Phi) is 4.78. The van der Waals surface area contributed by atoms with Crippen molar-refractivity contribution >= 4 is 55.6 Å². The molecule has 0 bridgehead atoms. The quantitative estimate of drug-likeness (QED) is 0.556. The van der Waals surface area contributed by atoms with Crippen molar-refractivity contribution in [3.8, 4) is 5.75 Å². The van der Waals surface area contributed by atoms with Crippen molar-refractivity contribution in [2.45, 2.75) is 0 Å². The number of phenolic OH excluding ortho intramolecular Hbond substituents is 1. The zero-order valence-corrected chi connectivity index (χ0v) is 14.8. The zero-order chi connectivity index (χ0) is 17.1. The molecule has 0 radical (unpaired) electrons.